The first-order valence-electron chi connectivity index (χ1n) is 8.04. The normalized spacial score (nSPS) is 10.6. The Morgan fingerprint density at radius 2 is 1.83 bits per heavy atom. The standard InChI is InChI=1S/C18H24N4O/c1-4-22(16-8-6-5-7-9-16)17(23)15-12-20-18(21-13-15)19-11-10-14(2)3/h5-9,12-14H,4,10-11H2,1-3H3,(H,19,20,21). The van der Waals surface area contributed by atoms with E-state index in [2.05, 4.69) is 29.1 Å². The Balaban J connectivity index is 2.04. The van der Waals surface area contributed by atoms with Crippen molar-refractivity contribution >= 4 is 17.5 Å². The fraction of sp³-hybridized carbons (Fsp3) is 0.389. The number of rotatable bonds is 7. The second kappa shape index (κ2) is 8.27. The van der Waals surface area contributed by atoms with E-state index in [9.17, 15) is 4.79 Å². The smallest absolute Gasteiger partial charge is 0.261 e. The van der Waals surface area contributed by atoms with Crippen molar-refractivity contribution in [2.45, 2.75) is 27.2 Å². The number of hydrogen-bond acceptors (Lipinski definition) is 4. The topological polar surface area (TPSA) is 58.1 Å². The van der Waals surface area contributed by atoms with Gasteiger partial charge in [-0.15, -0.1) is 0 Å². The zero-order valence-electron chi connectivity index (χ0n) is 14.0. The second-order valence-corrected chi connectivity index (χ2v) is 5.79. The van der Waals surface area contributed by atoms with Crippen LogP contribution >= 0.6 is 0 Å². The maximum atomic E-state index is 12.6. The van der Waals surface area contributed by atoms with Crippen LogP contribution < -0.4 is 10.2 Å². The lowest BCUT2D eigenvalue weighted by molar-refractivity contribution is 0.0987. The summed E-state index contributed by atoms with van der Waals surface area (Å²) in [6.07, 6.45) is 4.22. The second-order valence-electron chi connectivity index (χ2n) is 5.79. The van der Waals surface area contributed by atoms with Gasteiger partial charge in [0.15, 0.2) is 0 Å². The highest BCUT2D eigenvalue weighted by Gasteiger charge is 2.16. The fourth-order valence-corrected chi connectivity index (χ4v) is 2.21. The van der Waals surface area contributed by atoms with Crippen LogP contribution in [0.4, 0.5) is 11.6 Å². The maximum absolute atomic E-state index is 12.6. The zero-order valence-corrected chi connectivity index (χ0v) is 14.0. The molecule has 1 aromatic heterocycles. The van der Waals surface area contributed by atoms with Crippen LogP contribution in [0.25, 0.3) is 0 Å². The van der Waals surface area contributed by atoms with E-state index in [4.69, 9.17) is 0 Å². The molecule has 1 N–H and O–H groups in total. The van der Waals surface area contributed by atoms with E-state index in [1.165, 1.54) is 0 Å². The number of amides is 1. The Morgan fingerprint density at radius 1 is 1.17 bits per heavy atom. The van der Waals surface area contributed by atoms with E-state index in [0.29, 0.717) is 24.0 Å². The number of hydrogen-bond donors (Lipinski definition) is 1. The number of nitrogens with one attached hydrogen (secondary N) is 1. The Hall–Kier alpha value is -2.43. The summed E-state index contributed by atoms with van der Waals surface area (Å²) < 4.78 is 0. The lowest BCUT2D eigenvalue weighted by Crippen LogP contribution is -2.30. The molecule has 0 aliphatic rings. The van der Waals surface area contributed by atoms with Crippen LogP contribution in [-0.4, -0.2) is 29.0 Å². The summed E-state index contributed by atoms with van der Waals surface area (Å²) in [5.41, 5.74) is 1.37. The van der Waals surface area contributed by atoms with Gasteiger partial charge in [0.1, 0.15) is 0 Å². The summed E-state index contributed by atoms with van der Waals surface area (Å²) in [6, 6.07) is 9.61. The van der Waals surface area contributed by atoms with Crippen molar-refractivity contribution in [1.29, 1.82) is 0 Å². The zero-order chi connectivity index (χ0) is 16.7. The third-order valence-electron chi connectivity index (χ3n) is 3.53. The molecule has 0 aliphatic carbocycles. The third-order valence-corrected chi connectivity index (χ3v) is 3.53. The number of benzene rings is 1. The first-order valence-corrected chi connectivity index (χ1v) is 8.04. The predicted molar refractivity (Wildman–Crippen MR) is 93.8 cm³/mol. The number of carbonyl (C=O) groups is 1. The summed E-state index contributed by atoms with van der Waals surface area (Å²) in [5, 5.41) is 3.17. The Morgan fingerprint density at radius 3 is 2.39 bits per heavy atom. The summed E-state index contributed by atoms with van der Waals surface area (Å²) in [4.78, 5) is 22.8. The van der Waals surface area contributed by atoms with Crippen LogP contribution in [0.3, 0.4) is 0 Å². The largest absolute Gasteiger partial charge is 0.354 e. The van der Waals surface area contributed by atoms with E-state index in [1.807, 2.05) is 37.3 Å². The average Bonchev–Trinajstić information content (AvgIpc) is 2.57. The monoisotopic (exact) mass is 312 g/mol. The van der Waals surface area contributed by atoms with E-state index < -0.39 is 0 Å². The van der Waals surface area contributed by atoms with Crippen molar-refractivity contribution in [2.75, 3.05) is 23.3 Å². The molecule has 0 saturated heterocycles. The molecule has 0 radical (unpaired) electrons. The highest BCUT2D eigenvalue weighted by Crippen LogP contribution is 2.16. The molecule has 1 amide bonds. The Kier molecular flexibility index (Phi) is 6.09. The minimum atomic E-state index is -0.0903. The van der Waals surface area contributed by atoms with Crippen molar-refractivity contribution in [3.05, 3.63) is 48.3 Å². The molecule has 1 aromatic carbocycles. The highest BCUT2D eigenvalue weighted by atomic mass is 16.2. The number of nitrogens with zero attached hydrogens (tertiary/aromatic N) is 3. The minimum absolute atomic E-state index is 0.0903. The summed E-state index contributed by atoms with van der Waals surface area (Å²) in [5.74, 6) is 1.10. The first kappa shape index (κ1) is 16.9. The molecule has 23 heavy (non-hydrogen) atoms. The van der Waals surface area contributed by atoms with Gasteiger partial charge in [0, 0.05) is 31.2 Å². The van der Waals surface area contributed by atoms with Gasteiger partial charge in [-0.1, -0.05) is 32.0 Å². The number of carbonyl (C=O) groups excluding carboxylic acids is 1. The van der Waals surface area contributed by atoms with Crippen molar-refractivity contribution in [3.8, 4) is 0 Å². The van der Waals surface area contributed by atoms with Crippen LogP contribution in [-0.2, 0) is 0 Å². The minimum Gasteiger partial charge on any atom is -0.354 e. The number of aromatic nitrogens is 2. The van der Waals surface area contributed by atoms with Crippen molar-refractivity contribution < 1.29 is 4.79 Å². The molecule has 0 spiro atoms. The summed E-state index contributed by atoms with van der Waals surface area (Å²) in [7, 11) is 0. The van der Waals surface area contributed by atoms with E-state index in [0.717, 1.165) is 18.7 Å². The van der Waals surface area contributed by atoms with Crippen molar-refractivity contribution in [1.82, 2.24) is 9.97 Å². The predicted octanol–water partition coefficient (Wildman–Crippen LogP) is 3.60. The van der Waals surface area contributed by atoms with Crippen LogP contribution in [0.5, 0.6) is 0 Å². The molecule has 122 valence electrons. The molecule has 0 atom stereocenters. The van der Waals surface area contributed by atoms with Crippen molar-refractivity contribution in [3.63, 3.8) is 0 Å². The van der Waals surface area contributed by atoms with E-state index in [-0.39, 0.29) is 5.91 Å². The highest BCUT2D eigenvalue weighted by molar-refractivity contribution is 6.05. The van der Waals surface area contributed by atoms with Gasteiger partial charge in [0.25, 0.3) is 5.91 Å². The fourth-order valence-electron chi connectivity index (χ4n) is 2.21. The lowest BCUT2D eigenvalue weighted by Gasteiger charge is -2.20. The van der Waals surface area contributed by atoms with E-state index in [1.54, 1.807) is 17.3 Å². The quantitative estimate of drug-likeness (QED) is 0.848. The molecule has 1 heterocycles. The van der Waals surface area contributed by atoms with Crippen LogP contribution in [0.15, 0.2) is 42.7 Å². The Labute approximate surface area is 137 Å². The lowest BCUT2D eigenvalue weighted by atomic mass is 10.1. The molecule has 0 bridgehead atoms. The third kappa shape index (κ3) is 4.77. The molecule has 0 fully saturated rings. The first-order chi connectivity index (χ1) is 11.1. The summed E-state index contributed by atoms with van der Waals surface area (Å²) in [6.45, 7) is 7.72. The molecule has 0 saturated carbocycles. The van der Waals surface area contributed by atoms with Gasteiger partial charge in [-0.2, -0.15) is 0 Å². The van der Waals surface area contributed by atoms with Crippen LogP contribution in [0, 0.1) is 5.92 Å². The number of para-hydroxylation sites is 1. The van der Waals surface area contributed by atoms with Gasteiger partial charge >= 0.3 is 0 Å². The van der Waals surface area contributed by atoms with Gasteiger partial charge in [-0.3, -0.25) is 4.79 Å². The van der Waals surface area contributed by atoms with Crippen LogP contribution in [0.2, 0.25) is 0 Å². The van der Waals surface area contributed by atoms with Crippen molar-refractivity contribution in [2.24, 2.45) is 5.92 Å². The van der Waals surface area contributed by atoms with Crippen LogP contribution in [0.1, 0.15) is 37.6 Å². The van der Waals surface area contributed by atoms with Gasteiger partial charge in [-0.25, -0.2) is 9.97 Å². The molecule has 5 nitrogen and oxygen atoms in total. The van der Waals surface area contributed by atoms with Gasteiger partial charge in [0.2, 0.25) is 5.95 Å². The van der Waals surface area contributed by atoms with Gasteiger partial charge in [0.05, 0.1) is 5.56 Å². The van der Waals surface area contributed by atoms with Gasteiger partial charge in [-0.05, 0) is 31.4 Å². The molecular weight excluding hydrogens is 288 g/mol. The maximum Gasteiger partial charge on any atom is 0.261 e. The summed E-state index contributed by atoms with van der Waals surface area (Å²) >= 11 is 0. The molecule has 0 unspecified atom stereocenters. The SMILES string of the molecule is CCN(C(=O)c1cnc(NCCC(C)C)nc1)c1ccccc1. The molecule has 2 rings (SSSR count). The van der Waals surface area contributed by atoms with E-state index >= 15 is 0 Å². The average molecular weight is 312 g/mol. The molecular formula is C18H24N4O. The molecule has 5 heteroatoms. The molecule has 2 aromatic rings. The Bertz CT molecular complexity index is 611. The number of anilines is 2. The van der Waals surface area contributed by atoms with Gasteiger partial charge < -0.3 is 10.2 Å². The molecule has 0 aliphatic heterocycles.